The van der Waals surface area contributed by atoms with Crippen molar-refractivity contribution in [3.05, 3.63) is 72.1 Å². The third kappa shape index (κ3) is 3.69. The van der Waals surface area contributed by atoms with E-state index in [9.17, 15) is 4.79 Å². The number of hydrogen-bond acceptors (Lipinski definition) is 5. The summed E-state index contributed by atoms with van der Waals surface area (Å²) in [5.74, 6) is 1.21. The number of nitrogens with zero attached hydrogens (tertiary/aromatic N) is 1. The second-order valence-corrected chi connectivity index (χ2v) is 6.09. The van der Waals surface area contributed by atoms with E-state index in [-0.39, 0.29) is 12.7 Å². The lowest BCUT2D eigenvalue weighted by Crippen LogP contribution is -2.14. The lowest BCUT2D eigenvalue weighted by molar-refractivity contribution is 0.102. The van der Waals surface area contributed by atoms with Gasteiger partial charge in [-0.1, -0.05) is 25.1 Å². The molecule has 2 heterocycles. The number of aromatic nitrogens is 1. The number of nitrogens with one attached hydrogen (secondary N) is 2. The number of hydrogen-bond donors (Lipinski definition) is 2. The third-order valence-corrected chi connectivity index (χ3v) is 4.30. The van der Waals surface area contributed by atoms with E-state index in [1.54, 1.807) is 12.3 Å². The molecule has 0 fully saturated rings. The molecule has 27 heavy (non-hydrogen) atoms. The Morgan fingerprint density at radius 1 is 1.04 bits per heavy atom. The molecule has 1 amide bonds. The fourth-order valence-corrected chi connectivity index (χ4v) is 2.88. The van der Waals surface area contributed by atoms with Crippen LogP contribution in [0.15, 0.2) is 60.8 Å². The van der Waals surface area contributed by atoms with Gasteiger partial charge in [-0.2, -0.15) is 0 Å². The van der Waals surface area contributed by atoms with Crippen LogP contribution in [-0.2, 0) is 6.42 Å². The Morgan fingerprint density at radius 3 is 2.67 bits per heavy atom. The Bertz CT molecular complexity index is 971. The monoisotopic (exact) mass is 361 g/mol. The smallest absolute Gasteiger partial charge is 0.274 e. The number of fused-ring (bicyclic) bond motifs is 1. The van der Waals surface area contributed by atoms with Crippen molar-refractivity contribution in [1.82, 2.24) is 4.98 Å². The van der Waals surface area contributed by atoms with Crippen molar-refractivity contribution in [3.8, 4) is 11.5 Å². The summed E-state index contributed by atoms with van der Waals surface area (Å²) in [4.78, 5) is 16.7. The van der Waals surface area contributed by atoms with E-state index in [1.807, 2.05) is 48.5 Å². The lowest BCUT2D eigenvalue weighted by Gasteiger charge is -2.10. The maximum Gasteiger partial charge on any atom is 0.274 e. The molecule has 2 aromatic carbocycles. The summed E-state index contributed by atoms with van der Waals surface area (Å²) in [7, 11) is 0. The average molecular weight is 361 g/mol. The Labute approximate surface area is 157 Å². The summed E-state index contributed by atoms with van der Waals surface area (Å²) in [6.07, 6.45) is 2.48. The van der Waals surface area contributed by atoms with Gasteiger partial charge in [0, 0.05) is 17.4 Å². The van der Waals surface area contributed by atoms with Gasteiger partial charge in [0.25, 0.3) is 5.91 Å². The summed E-state index contributed by atoms with van der Waals surface area (Å²) >= 11 is 0. The van der Waals surface area contributed by atoms with Crippen LogP contribution in [0.3, 0.4) is 0 Å². The zero-order chi connectivity index (χ0) is 18.6. The quantitative estimate of drug-likeness (QED) is 0.706. The van der Waals surface area contributed by atoms with Crippen molar-refractivity contribution in [3.63, 3.8) is 0 Å². The number of carbonyl (C=O) groups excluding carboxylic acids is 1. The summed E-state index contributed by atoms with van der Waals surface area (Å²) in [5.41, 5.74) is 3.90. The van der Waals surface area contributed by atoms with Crippen LogP contribution in [0, 0.1) is 0 Å². The van der Waals surface area contributed by atoms with Gasteiger partial charge in [-0.05, 0) is 42.3 Å². The minimum Gasteiger partial charge on any atom is -0.454 e. The van der Waals surface area contributed by atoms with Gasteiger partial charge in [-0.25, -0.2) is 4.98 Å². The summed E-state index contributed by atoms with van der Waals surface area (Å²) in [6.45, 7) is 2.30. The number of rotatable bonds is 5. The van der Waals surface area contributed by atoms with E-state index in [0.29, 0.717) is 11.4 Å². The molecule has 6 nitrogen and oxygen atoms in total. The van der Waals surface area contributed by atoms with Crippen LogP contribution in [0.1, 0.15) is 23.0 Å². The molecule has 1 aromatic heterocycles. The van der Waals surface area contributed by atoms with Gasteiger partial charge in [0.15, 0.2) is 11.5 Å². The molecule has 4 rings (SSSR count). The van der Waals surface area contributed by atoms with Crippen molar-refractivity contribution in [1.29, 1.82) is 0 Å². The third-order valence-electron chi connectivity index (χ3n) is 4.30. The van der Waals surface area contributed by atoms with Gasteiger partial charge in [-0.15, -0.1) is 0 Å². The number of para-hydroxylation sites is 1. The number of aryl methyl sites for hydroxylation is 1. The summed E-state index contributed by atoms with van der Waals surface area (Å²) in [6, 6.07) is 16.9. The Kier molecular flexibility index (Phi) is 4.61. The van der Waals surface area contributed by atoms with E-state index >= 15 is 0 Å². The topological polar surface area (TPSA) is 72.5 Å². The van der Waals surface area contributed by atoms with Crippen LogP contribution < -0.4 is 20.1 Å². The number of anilines is 3. The lowest BCUT2D eigenvalue weighted by atomic mass is 10.1. The van der Waals surface area contributed by atoms with Gasteiger partial charge < -0.3 is 20.1 Å². The molecule has 3 aromatic rings. The maximum atomic E-state index is 12.5. The zero-order valence-corrected chi connectivity index (χ0v) is 14.9. The average Bonchev–Trinajstić information content (AvgIpc) is 3.17. The predicted molar refractivity (Wildman–Crippen MR) is 104 cm³/mol. The van der Waals surface area contributed by atoms with Crippen LogP contribution in [0.2, 0.25) is 0 Å². The summed E-state index contributed by atoms with van der Waals surface area (Å²) in [5, 5.41) is 6.16. The first kappa shape index (κ1) is 16.9. The molecule has 0 radical (unpaired) electrons. The molecule has 0 bridgehead atoms. The highest BCUT2D eigenvalue weighted by atomic mass is 16.7. The van der Waals surface area contributed by atoms with E-state index in [0.717, 1.165) is 34.8 Å². The molecule has 0 unspecified atom stereocenters. The standard InChI is InChI=1S/C21H19N3O3/c1-2-14-5-3-4-6-17(14)24-21(25)18-9-7-16(12-22-18)23-15-8-10-19-20(11-15)27-13-26-19/h3-12,23H,2,13H2,1H3,(H,24,25). The molecule has 0 saturated carbocycles. The number of amides is 1. The first-order chi connectivity index (χ1) is 13.2. The van der Waals surface area contributed by atoms with Gasteiger partial charge in [0.2, 0.25) is 6.79 Å². The Balaban J connectivity index is 1.44. The molecule has 6 heteroatoms. The minimum atomic E-state index is -0.231. The number of pyridine rings is 1. The molecular weight excluding hydrogens is 342 g/mol. The van der Waals surface area contributed by atoms with Crippen LogP contribution in [-0.4, -0.2) is 17.7 Å². The fourth-order valence-electron chi connectivity index (χ4n) is 2.88. The Hall–Kier alpha value is -3.54. The number of ether oxygens (including phenoxy) is 2. The second-order valence-electron chi connectivity index (χ2n) is 6.09. The van der Waals surface area contributed by atoms with Crippen molar-refractivity contribution < 1.29 is 14.3 Å². The van der Waals surface area contributed by atoms with Crippen LogP contribution in [0.25, 0.3) is 0 Å². The van der Waals surface area contributed by atoms with Crippen molar-refractivity contribution >= 4 is 23.0 Å². The number of benzene rings is 2. The molecule has 0 aliphatic carbocycles. The first-order valence-electron chi connectivity index (χ1n) is 8.75. The highest BCUT2D eigenvalue weighted by Gasteiger charge is 2.14. The summed E-state index contributed by atoms with van der Waals surface area (Å²) < 4.78 is 10.7. The van der Waals surface area contributed by atoms with Crippen LogP contribution in [0.5, 0.6) is 11.5 Å². The Morgan fingerprint density at radius 2 is 1.85 bits per heavy atom. The maximum absolute atomic E-state index is 12.5. The SMILES string of the molecule is CCc1ccccc1NC(=O)c1ccc(Nc2ccc3c(c2)OCO3)cn1. The normalized spacial score (nSPS) is 11.9. The minimum absolute atomic E-state index is 0.231. The molecule has 2 N–H and O–H groups in total. The molecular formula is C21H19N3O3. The molecule has 0 saturated heterocycles. The van der Waals surface area contributed by atoms with Gasteiger partial charge in [-0.3, -0.25) is 4.79 Å². The van der Waals surface area contributed by atoms with Gasteiger partial charge >= 0.3 is 0 Å². The fraction of sp³-hybridized carbons (Fsp3) is 0.143. The van der Waals surface area contributed by atoms with Crippen LogP contribution >= 0.6 is 0 Å². The van der Waals surface area contributed by atoms with Crippen molar-refractivity contribution in [2.24, 2.45) is 0 Å². The molecule has 0 atom stereocenters. The van der Waals surface area contributed by atoms with E-state index < -0.39 is 0 Å². The van der Waals surface area contributed by atoms with Gasteiger partial charge in [0.05, 0.1) is 11.9 Å². The van der Waals surface area contributed by atoms with Crippen molar-refractivity contribution in [2.45, 2.75) is 13.3 Å². The second kappa shape index (κ2) is 7.37. The zero-order valence-electron chi connectivity index (χ0n) is 14.9. The highest BCUT2D eigenvalue weighted by molar-refractivity contribution is 6.03. The van der Waals surface area contributed by atoms with E-state index in [1.165, 1.54) is 0 Å². The molecule has 1 aliphatic heterocycles. The molecule has 0 spiro atoms. The van der Waals surface area contributed by atoms with Crippen molar-refractivity contribution in [2.75, 3.05) is 17.4 Å². The van der Waals surface area contributed by atoms with Gasteiger partial charge in [0.1, 0.15) is 5.69 Å². The molecule has 136 valence electrons. The highest BCUT2D eigenvalue weighted by Crippen LogP contribution is 2.35. The van der Waals surface area contributed by atoms with Crippen LogP contribution in [0.4, 0.5) is 17.1 Å². The number of carbonyl (C=O) groups is 1. The largest absolute Gasteiger partial charge is 0.454 e. The van der Waals surface area contributed by atoms with E-state index in [4.69, 9.17) is 9.47 Å². The predicted octanol–water partition coefficient (Wildman–Crippen LogP) is 4.37. The van der Waals surface area contributed by atoms with E-state index in [2.05, 4.69) is 22.5 Å². The first-order valence-corrected chi connectivity index (χ1v) is 8.75. The molecule has 1 aliphatic rings.